The van der Waals surface area contributed by atoms with Crippen LogP contribution in [0.15, 0.2) is 72.9 Å². The molecule has 0 radical (unpaired) electrons. The highest BCUT2D eigenvalue weighted by molar-refractivity contribution is 5.69. The molecule has 0 aromatic carbocycles. The number of nitrogens with zero attached hydrogens (tertiary/aromatic N) is 1. The molecule has 1 unspecified atom stereocenters. The van der Waals surface area contributed by atoms with Crippen molar-refractivity contribution in [1.29, 1.82) is 0 Å². The standard InChI is InChI=1S/C62H113NO2/c1-6-9-12-15-18-21-24-27-30-33-36-39-42-45-48-51-55-60(56-52-49-46-43-40-37-34-31-28-25-22-19-16-13-10-7-2)61(65-62(64)58-54-59-63(4)5)57-53-50-47-44-41-38-35-32-29-26-23-20-17-14-11-8-3/h18-23,27-32,60-61H,6-17,24-26,33-59H2,1-5H3/b21-18-,22-19-,23-20-,30-27-,31-28-,32-29-. The minimum atomic E-state index is 0.0379. The maximum Gasteiger partial charge on any atom is 0.306 e. The van der Waals surface area contributed by atoms with Gasteiger partial charge in [0.15, 0.2) is 0 Å². The van der Waals surface area contributed by atoms with Gasteiger partial charge in [-0.3, -0.25) is 4.79 Å². The minimum absolute atomic E-state index is 0.0379. The number of hydrogen-bond donors (Lipinski definition) is 0. The summed E-state index contributed by atoms with van der Waals surface area (Å²) in [5.41, 5.74) is 0. The summed E-state index contributed by atoms with van der Waals surface area (Å²) in [7, 11) is 4.19. The molecule has 3 nitrogen and oxygen atoms in total. The molecule has 0 saturated carbocycles. The van der Waals surface area contributed by atoms with Crippen LogP contribution in [-0.4, -0.2) is 37.6 Å². The molecule has 0 fully saturated rings. The van der Waals surface area contributed by atoms with Gasteiger partial charge in [-0.1, -0.05) is 222 Å². The van der Waals surface area contributed by atoms with E-state index in [1.165, 1.54) is 225 Å². The van der Waals surface area contributed by atoms with Gasteiger partial charge in [0.05, 0.1) is 0 Å². The first-order valence-corrected chi connectivity index (χ1v) is 28.8. The van der Waals surface area contributed by atoms with Crippen molar-refractivity contribution in [2.24, 2.45) is 5.92 Å². The molecule has 0 spiro atoms. The summed E-state index contributed by atoms with van der Waals surface area (Å²) in [5.74, 6) is 0.540. The van der Waals surface area contributed by atoms with Crippen LogP contribution < -0.4 is 0 Å². The maximum atomic E-state index is 13.3. The van der Waals surface area contributed by atoms with Crippen molar-refractivity contribution in [3.8, 4) is 0 Å². The van der Waals surface area contributed by atoms with Gasteiger partial charge in [0.2, 0.25) is 0 Å². The van der Waals surface area contributed by atoms with E-state index in [1.54, 1.807) is 0 Å². The van der Waals surface area contributed by atoms with Gasteiger partial charge in [-0.25, -0.2) is 0 Å². The van der Waals surface area contributed by atoms with Gasteiger partial charge >= 0.3 is 5.97 Å². The number of allylic oxidation sites excluding steroid dienone is 12. The maximum absolute atomic E-state index is 13.3. The quantitative estimate of drug-likeness (QED) is 0.0346. The largest absolute Gasteiger partial charge is 0.462 e. The van der Waals surface area contributed by atoms with E-state index < -0.39 is 0 Å². The second kappa shape index (κ2) is 54.5. The zero-order chi connectivity index (χ0) is 47.2. The van der Waals surface area contributed by atoms with Crippen molar-refractivity contribution in [3.05, 3.63) is 72.9 Å². The van der Waals surface area contributed by atoms with Crippen LogP contribution in [0.4, 0.5) is 0 Å². The molecule has 3 heteroatoms. The van der Waals surface area contributed by atoms with Gasteiger partial charge in [0.25, 0.3) is 0 Å². The Balaban J connectivity index is 4.98. The Hall–Kier alpha value is -2.13. The average Bonchev–Trinajstić information content (AvgIpc) is 3.29. The molecule has 0 aromatic rings. The zero-order valence-electron chi connectivity index (χ0n) is 44.5. The van der Waals surface area contributed by atoms with Crippen LogP contribution in [0.1, 0.15) is 284 Å². The first kappa shape index (κ1) is 62.9. The fraction of sp³-hybridized carbons (Fsp3) is 0.790. The summed E-state index contributed by atoms with van der Waals surface area (Å²) in [6.45, 7) is 7.76. The summed E-state index contributed by atoms with van der Waals surface area (Å²) in [6.07, 6.45) is 79.4. The first-order chi connectivity index (χ1) is 32.0. The second-order valence-corrected chi connectivity index (χ2v) is 19.8. The predicted octanol–water partition coefficient (Wildman–Crippen LogP) is 20.5. The molecule has 0 rings (SSSR count). The number of unbranched alkanes of at least 4 members (excludes halogenated alkanes) is 27. The van der Waals surface area contributed by atoms with E-state index in [0.29, 0.717) is 12.3 Å². The normalized spacial score (nSPS) is 13.0. The number of rotatable bonds is 51. The molecule has 0 aliphatic rings. The smallest absolute Gasteiger partial charge is 0.306 e. The average molecular weight is 905 g/mol. The van der Waals surface area contributed by atoms with E-state index >= 15 is 0 Å². The third kappa shape index (κ3) is 51.1. The molecular formula is C62H113NO2. The van der Waals surface area contributed by atoms with E-state index in [-0.39, 0.29) is 12.1 Å². The summed E-state index contributed by atoms with van der Waals surface area (Å²) in [4.78, 5) is 15.5. The first-order valence-electron chi connectivity index (χ1n) is 28.8. The Morgan fingerprint density at radius 1 is 0.369 bits per heavy atom. The van der Waals surface area contributed by atoms with Gasteiger partial charge in [-0.15, -0.1) is 0 Å². The highest BCUT2D eigenvalue weighted by Crippen LogP contribution is 2.28. The second-order valence-electron chi connectivity index (χ2n) is 19.8. The van der Waals surface area contributed by atoms with Crippen LogP contribution in [0.3, 0.4) is 0 Å². The summed E-state index contributed by atoms with van der Waals surface area (Å²) in [6, 6.07) is 0. The van der Waals surface area contributed by atoms with Gasteiger partial charge in [0, 0.05) is 6.42 Å². The molecule has 0 aromatic heterocycles. The van der Waals surface area contributed by atoms with Gasteiger partial charge in [-0.05, 0) is 155 Å². The Morgan fingerprint density at radius 3 is 0.985 bits per heavy atom. The number of esters is 1. The fourth-order valence-electron chi connectivity index (χ4n) is 8.80. The minimum Gasteiger partial charge on any atom is -0.462 e. The molecular weight excluding hydrogens is 791 g/mol. The van der Waals surface area contributed by atoms with E-state index in [4.69, 9.17) is 4.74 Å². The van der Waals surface area contributed by atoms with Crippen LogP contribution in [0.2, 0.25) is 0 Å². The SMILES string of the molecule is CCCCC/C=C\C/C=C\CCCCCCCCC(CCCCCCCC/C=C\C/C=C\CCCCC)C(CCCCCCCC/C=C\C/C=C\CCCCC)OC(=O)CCCN(C)C. The van der Waals surface area contributed by atoms with E-state index in [1.807, 2.05) is 0 Å². The Morgan fingerprint density at radius 2 is 0.662 bits per heavy atom. The monoisotopic (exact) mass is 904 g/mol. The summed E-state index contributed by atoms with van der Waals surface area (Å²) < 4.78 is 6.49. The molecule has 378 valence electrons. The molecule has 0 bridgehead atoms. The van der Waals surface area contributed by atoms with Gasteiger partial charge in [0.1, 0.15) is 6.10 Å². The van der Waals surface area contributed by atoms with Crippen LogP contribution in [0.25, 0.3) is 0 Å². The highest BCUT2D eigenvalue weighted by atomic mass is 16.5. The lowest BCUT2D eigenvalue weighted by atomic mass is 9.87. The summed E-state index contributed by atoms with van der Waals surface area (Å²) >= 11 is 0. The number of ether oxygens (including phenoxy) is 1. The molecule has 0 amide bonds. The van der Waals surface area contributed by atoms with E-state index in [2.05, 4.69) is 113 Å². The fourth-order valence-corrected chi connectivity index (χ4v) is 8.80. The zero-order valence-corrected chi connectivity index (χ0v) is 44.5. The van der Waals surface area contributed by atoms with Crippen molar-refractivity contribution in [1.82, 2.24) is 4.90 Å². The molecule has 65 heavy (non-hydrogen) atoms. The van der Waals surface area contributed by atoms with Crippen LogP contribution in [-0.2, 0) is 9.53 Å². The van der Waals surface area contributed by atoms with E-state index in [9.17, 15) is 4.79 Å². The number of hydrogen-bond acceptors (Lipinski definition) is 3. The topological polar surface area (TPSA) is 29.5 Å². The lowest BCUT2D eigenvalue weighted by Crippen LogP contribution is -2.28. The van der Waals surface area contributed by atoms with Crippen molar-refractivity contribution in [3.63, 3.8) is 0 Å². The molecule has 0 aliphatic carbocycles. The Kier molecular flexibility index (Phi) is 52.7. The van der Waals surface area contributed by atoms with Crippen molar-refractivity contribution in [2.75, 3.05) is 20.6 Å². The number of carbonyl (C=O) groups excluding carboxylic acids is 1. The molecule has 0 aliphatic heterocycles. The van der Waals surface area contributed by atoms with Crippen LogP contribution >= 0.6 is 0 Å². The Labute approximate surface area is 408 Å². The van der Waals surface area contributed by atoms with Crippen LogP contribution in [0.5, 0.6) is 0 Å². The number of carbonyl (C=O) groups is 1. The third-order valence-corrected chi connectivity index (χ3v) is 13.0. The van der Waals surface area contributed by atoms with E-state index in [0.717, 1.165) is 38.6 Å². The van der Waals surface area contributed by atoms with Crippen molar-refractivity contribution >= 4 is 5.97 Å². The van der Waals surface area contributed by atoms with Gasteiger partial charge < -0.3 is 9.64 Å². The molecule has 0 saturated heterocycles. The lowest BCUT2D eigenvalue weighted by molar-refractivity contribution is -0.153. The van der Waals surface area contributed by atoms with Crippen molar-refractivity contribution < 1.29 is 9.53 Å². The van der Waals surface area contributed by atoms with Gasteiger partial charge in [-0.2, -0.15) is 0 Å². The molecule has 1 atom stereocenters. The molecule has 0 heterocycles. The lowest BCUT2D eigenvalue weighted by Gasteiger charge is -2.28. The van der Waals surface area contributed by atoms with Crippen LogP contribution in [0, 0.1) is 5.92 Å². The van der Waals surface area contributed by atoms with Crippen molar-refractivity contribution in [2.45, 2.75) is 290 Å². The third-order valence-electron chi connectivity index (χ3n) is 13.0. The highest BCUT2D eigenvalue weighted by Gasteiger charge is 2.24. The summed E-state index contributed by atoms with van der Waals surface area (Å²) in [5, 5.41) is 0. The molecule has 0 N–H and O–H groups in total. The predicted molar refractivity (Wildman–Crippen MR) is 293 cm³/mol. The Bertz CT molecular complexity index is 1080.